The highest BCUT2D eigenvalue weighted by Crippen LogP contribution is 2.13. The fraction of sp³-hybridized carbons (Fsp3) is 0.600. The molecule has 1 heterocycles. The fourth-order valence-electron chi connectivity index (χ4n) is 1.23. The first-order valence-corrected chi connectivity index (χ1v) is 5.11. The predicted molar refractivity (Wildman–Crippen MR) is 59.9 cm³/mol. The lowest BCUT2D eigenvalue weighted by molar-refractivity contribution is -0.116. The van der Waals surface area contributed by atoms with Crippen LogP contribution in [0.5, 0.6) is 0 Å². The van der Waals surface area contributed by atoms with Crippen molar-refractivity contribution >= 4 is 11.7 Å². The van der Waals surface area contributed by atoms with Gasteiger partial charge in [0.25, 0.3) is 0 Å². The summed E-state index contributed by atoms with van der Waals surface area (Å²) in [4.78, 5) is 11.5. The minimum absolute atomic E-state index is 0.0138. The first kappa shape index (κ1) is 11.7. The van der Waals surface area contributed by atoms with Crippen molar-refractivity contribution in [2.24, 2.45) is 0 Å². The van der Waals surface area contributed by atoms with Crippen molar-refractivity contribution in [1.29, 1.82) is 0 Å². The van der Waals surface area contributed by atoms with E-state index in [1.807, 2.05) is 20.9 Å². The molecule has 0 unspecified atom stereocenters. The van der Waals surface area contributed by atoms with Gasteiger partial charge in [0, 0.05) is 17.7 Å². The van der Waals surface area contributed by atoms with E-state index in [1.165, 1.54) is 0 Å². The van der Waals surface area contributed by atoms with Gasteiger partial charge in [-0.15, -0.1) is 0 Å². The highest BCUT2D eigenvalue weighted by atomic mass is 16.1. The van der Waals surface area contributed by atoms with Gasteiger partial charge in [0.1, 0.15) is 0 Å². The molecular weight excluding hydrogens is 192 g/mol. The van der Waals surface area contributed by atoms with Gasteiger partial charge in [-0.1, -0.05) is 0 Å². The summed E-state index contributed by atoms with van der Waals surface area (Å²) in [6, 6.07) is 0. The zero-order valence-electron chi connectivity index (χ0n) is 9.48. The van der Waals surface area contributed by atoms with Crippen LogP contribution >= 0.6 is 0 Å². The molecule has 1 rings (SSSR count). The zero-order chi connectivity index (χ0) is 11.3. The Morgan fingerprint density at radius 3 is 2.73 bits per heavy atom. The first-order valence-electron chi connectivity index (χ1n) is 5.11. The van der Waals surface area contributed by atoms with Crippen molar-refractivity contribution < 1.29 is 4.79 Å². The summed E-state index contributed by atoms with van der Waals surface area (Å²) in [5, 5.41) is 12.6. The number of anilines is 1. The predicted octanol–water partition coefficient (Wildman–Crippen LogP) is 0.965. The third-order valence-electron chi connectivity index (χ3n) is 2.34. The van der Waals surface area contributed by atoms with Crippen LogP contribution in [0.4, 0.5) is 5.82 Å². The van der Waals surface area contributed by atoms with Gasteiger partial charge in [-0.3, -0.25) is 9.89 Å². The molecule has 0 saturated carbocycles. The van der Waals surface area contributed by atoms with Crippen LogP contribution < -0.4 is 10.6 Å². The van der Waals surface area contributed by atoms with E-state index in [0.29, 0.717) is 12.2 Å². The van der Waals surface area contributed by atoms with Crippen LogP contribution in [0.1, 0.15) is 24.1 Å². The lowest BCUT2D eigenvalue weighted by Gasteiger charge is -2.02. The van der Waals surface area contributed by atoms with Gasteiger partial charge >= 0.3 is 0 Å². The number of hydrogen-bond donors (Lipinski definition) is 3. The van der Waals surface area contributed by atoms with E-state index in [9.17, 15) is 4.79 Å². The Balaban J connectivity index is 2.41. The maximum Gasteiger partial charge on any atom is 0.225 e. The lowest BCUT2D eigenvalue weighted by atomic mass is 10.2. The zero-order valence-corrected chi connectivity index (χ0v) is 9.48. The minimum Gasteiger partial charge on any atom is -0.320 e. The molecule has 0 atom stereocenters. The van der Waals surface area contributed by atoms with Gasteiger partial charge in [0.05, 0.1) is 0 Å². The Labute approximate surface area is 89.6 Å². The number of nitrogens with one attached hydrogen (secondary N) is 3. The second-order valence-corrected chi connectivity index (χ2v) is 3.58. The van der Waals surface area contributed by atoms with Gasteiger partial charge in [0.15, 0.2) is 5.82 Å². The normalized spacial score (nSPS) is 10.3. The molecule has 0 fully saturated rings. The Hall–Kier alpha value is -1.36. The molecular formula is C10H18N4O. The molecule has 0 spiro atoms. The van der Waals surface area contributed by atoms with Crippen molar-refractivity contribution in [1.82, 2.24) is 15.5 Å². The topological polar surface area (TPSA) is 69.8 Å². The van der Waals surface area contributed by atoms with Crippen molar-refractivity contribution in [2.45, 2.75) is 26.7 Å². The number of hydrogen-bond acceptors (Lipinski definition) is 3. The van der Waals surface area contributed by atoms with Gasteiger partial charge in [-0.05, 0) is 33.9 Å². The first-order chi connectivity index (χ1) is 7.15. The van der Waals surface area contributed by atoms with Crippen LogP contribution in [0.15, 0.2) is 0 Å². The molecule has 0 aliphatic heterocycles. The maximum absolute atomic E-state index is 11.5. The molecule has 5 nitrogen and oxygen atoms in total. The van der Waals surface area contributed by atoms with Crippen LogP contribution in [0.3, 0.4) is 0 Å². The molecule has 1 amide bonds. The second kappa shape index (κ2) is 5.50. The third-order valence-corrected chi connectivity index (χ3v) is 2.34. The number of aromatic amines is 1. The SMILES string of the molecule is CNCCCC(=O)Nc1n[nH]c(C)c1C. The molecule has 0 aromatic carbocycles. The molecule has 1 aromatic rings. The Bertz CT molecular complexity index is 332. The van der Waals surface area contributed by atoms with Crippen LogP contribution in [-0.4, -0.2) is 29.7 Å². The smallest absolute Gasteiger partial charge is 0.225 e. The molecule has 0 bridgehead atoms. The van der Waals surface area contributed by atoms with Crippen molar-refractivity contribution in [3.63, 3.8) is 0 Å². The van der Waals surface area contributed by atoms with Crippen LogP contribution in [0, 0.1) is 13.8 Å². The molecule has 5 heteroatoms. The Morgan fingerprint density at radius 1 is 1.47 bits per heavy atom. The summed E-state index contributed by atoms with van der Waals surface area (Å²) in [6.45, 7) is 4.72. The Kier molecular flexibility index (Phi) is 4.30. The summed E-state index contributed by atoms with van der Waals surface area (Å²) in [7, 11) is 1.87. The fourth-order valence-corrected chi connectivity index (χ4v) is 1.23. The Morgan fingerprint density at radius 2 is 2.20 bits per heavy atom. The lowest BCUT2D eigenvalue weighted by Crippen LogP contribution is -2.15. The van der Waals surface area contributed by atoms with Crippen LogP contribution in [0.25, 0.3) is 0 Å². The van der Waals surface area contributed by atoms with E-state index in [4.69, 9.17) is 0 Å². The maximum atomic E-state index is 11.5. The highest BCUT2D eigenvalue weighted by Gasteiger charge is 2.08. The molecule has 0 saturated heterocycles. The van der Waals surface area contributed by atoms with Crippen molar-refractivity contribution in [3.05, 3.63) is 11.3 Å². The standard InChI is InChI=1S/C10H18N4O/c1-7-8(2)13-14-10(7)12-9(15)5-4-6-11-3/h11H,4-6H2,1-3H3,(H2,12,13,14,15). The number of aromatic nitrogens is 2. The van der Waals surface area contributed by atoms with Gasteiger partial charge in [0.2, 0.25) is 5.91 Å². The van der Waals surface area contributed by atoms with E-state index in [1.54, 1.807) is 0 Å². The van der Waals surface area contributed by atoms with Gasteiger partial charge in [-0.25, -0.2) is 0 Å². The molecule has 0 aliphatic rings. The summed E-state index contributed by atoms with van der Waals surface area (Å²) in [5.41, 5.74) is 1.98. The summed E-state index contributed by atoms with van der Waals surface area (Å²) >= 11 is 0. The highest BCUT2D eigenvalue weighted by molar-refractivity contribution is 5.90. The second-order valence-electron chi connectivity index (χ2n) is 3.58. The molecule has 0 radical (unpaired) electrons. The van der Waals surface area contributed by atoms with Crippen LogP contribution in [-0.2, 0) is 4.79 Å². The van der Waals surface area contributed by atoms with E-state index in [-0.39, 0.29) is 5.91 Å². The summed E-state index contributed by atoms with van der Waals surface area (Å²) < 4.78 is 0. The van der Waals surface area contributed by atoms with Gasteiger partial charge < -0.3 is 10.6 Å². The number of aryl methyl sites for hydroxylation is 1. The average Bonchev–Trinajstić information content (AvgIpc) is 2.50. The number of rotatable bonds is 5. The van der Waals surface area contributed by atoms with Crippen LogP contribution in [0.2, 0.25) is 0 Å². The summed E-state index contributed by atoms with van der Waals surface area (Å²) in [6.07, 6.45) is 1.36. The molecule has 84 valence electrons. The average molecular weight is 210 g/mol. The number of amides is 1. The van der Waals surface area contributed by atoms with Gasteiger partial charge in [-0.2, -0.15) is 5.10 Å². The summed E-state index contributed by atoms with van der Waals surface area (Å²) in [5.74, 6) is 0.654. The third kappa shape index (κ3) is 3.36. The molecule has 0 aliphatic carbocycles. The van der Waals surface area contributed by atoms with E-state index < -0.39 is 0 Å². The molecule has 1 aromatic heterocycles. The van der Waals surface area contributed by atoms with Crippen molar-refractivity contribution in [3.8, 4) is 0 Å². The number of nitrogens with zero attached hydrogens (tertiary/aromatic N) is 1. The quantitative estimate of drug-likeness (QED) is 0.634. The van der Waals surface area contributed by atoms with E-state index >= 15 is 0 Å². The number of carbonyl (C=O) groups excluding carboxylic acids is 1. The number of H-pyrrole nitrogens is 1. The van der Waals surface area contributed by atoms with E-state index in [2.05, 4.69) is 20.8 Å². The largest absolute Gasteiger partial charge is 0.320 e. The molecule has 3 N–H and O–H groups in total. The molecule has 15 heavy (non-hydrogen) atoms. The number of carbonyl (C=O) groups is 1. The van der Waals surface area contributed by atoms with Crippen molar-refractivity contribution in [2.75, 3.05) is 18.9 Å². The van der Waals surface area contributed by atoms with E-state index in [0.717, 1.165) is 24.2 Å². The minimum atomic E-state index is 0.0138. The monoisotopic (exact) mass is 210 g/mol.